The molecule has 0 aliphatic carbocycles. The number of rotatable bonds is 7. The molecule has 2 N–H and O–H groups in total. The number of hydrogen-bond acceptors (Lipinski definition) is 6. The molecule has 0 spiro atoms. The first-order valence-corrected chi connectivity index (χ1v) is 13.3. The van der Waals surface area contributed by atoms with Crippen LogP contribution in [0.25, 0.3) is 10.1 Å². The Bertz CT molecular complexity index is 1570. The zero-order valence-corrected chi connectivity index (χ0v) is 21.9. The molecule has 0 unspecified atom stereocenters. The van der Waals surface area contributed by atoms with Crippen LogP contribution in [0.5, 0.6) is 5.75 Å². The summed E-state index contributed by atoms with van der Waals surface area (Å²) in [5.74, 6) is -0.0889. The van der Waals surface area contributed by atoms with Crippen molar-refractivity contribution in [2.45, 2.75) is 11.8 Å². The minimum Gasteiger partial charge on any atom is -0.495 e. The lowest BCUT2D eigenvalue weighted by Gasteiger charge is -2.20. The number of amides is 2. The Morgan fingerprint density at radius 2 is 1.61 bits per heavy atom. The van der Waals surface area contributed by atoms with Crippen LogP contribution in [0.3, 0.4) is 0 Å². The van der Waals surface area contributed by atoms with Crippen molar-refractivity contribution in [2.75, 3.05) is 29.1 Å². The maximum atomic E-state index is 13.2. The molecule has 0 atom stereocenters. The van der Waals surface area contributed by atoms with E-state index in [0.717, 1.165) is 10.1 Å². The van der Waals surface area contributed by atoms with Crippen molar-refractivity contribution in [1.82, 2.24) is 0 Å². The first kappa shape index (κ1) is 25.5. The summed E-state index contributed by atoms with van der Waals surface area (Å²) in [5.41, 5.74) is 1.65. The van der Waals surface area contributed by atoms with Gasteiger partial charge in [0.1, 0.15) is 5.75 Å². The molecule has 0 aliphatic rings. The molecule has 3 aromatic carbocycles. The Labute approximate surface area is 217 Å². The standard InChI is InChI=1S/C25H22ClN3O5S2/c1-15(30)27-17-4-6-18(7-5-17)28-25(31)24-13-16-12-19(8-11-23(16)35-24)29(2)36(32,33)20-9-10-22(34-3)21(26)14-20/h4-14H,1-3H3,(H,27,30)(H,28,31). The monoisotopic (exact) mass is 543 g/mol. The fourth-order valence-electron chi connectivity index (χ4n) is 3.48. The van der Waals surface area contributed by atoms with Crippen molar-refractivity contribution in [3.8, 4) is 5.75 Å². The van der Waals surface area contributed by atoms with Gasteiger partial charge in [0.2, 0.25) is 5.91 Å². The average molecular weight is 544 g/mol. The number of methoxy groups -OCH3 is 1. The maximum Gasteiger partial charge on any atom is 0.265 e. The topological polar surface area (TPSA) is 105 Å². The minimum absolute atomic E-state index is 0.0332. The fraction of sp³-hybridized carbons (Fsp3) is 0.120. The lowest BCUT2D eigenvalue weighted by molar-refractivity contribution is -0.114. The van der Waals surface area contributed by atoms with E-state index in [4.69, 9.17) is 16.3 Å². The number of nitrogens with zero attached hydrogens (tertiary/aromatic N) is 1. The van der Waals surface area contributed by atoms with E-state index < -0.39 is 10.0 Å². The highest BCUT2D eigenvalue weighted by Crippen LogP contribution is 2.33. The normalized spacial score (nSPS) is 11.2. The molecule has 0 radical (unpaired) electrons. The number of nitrogens with one attached hydrogen (secondary N) is 2. The number of carbonyl (C=O) groups excluding carboxylic acids is 2. The molecule has 0 fully saturated rings. The van der Waals surface area contributed by atoms with Crippen LogP contribution >= 0.6 is 22.9 Å². The third-order valence-electron chi connectivity index (χ3n) is 5.33. The van der Waals surface area contributed by atoms with Crippen LogP contribution in [0.4, 0.5) is 17.1 Å². The molecule has 0 saturated carbocycles. The molecule has 36 heavy (non-hydrogen) atoms. The number of sulfonamides is 1. The van der Waals surface area contributed by atoms with Gasteiger partial charge >= 0.3 is 0 Å². The predicted molar refractivity (Wildman–Crippen MR) is 144 cm³/mol. The van der Waals surface area contributed by atoms with Gasteiger partial charge in [0.15, 0.2) is 0 Å². The van der Waals surface area contributed by atoms with Crippen molar-refractivity contribution < 1.29 is 22.7 Å². The molecule has 11 heteroatoms. The van der Waals surface area contributed by atoms with Crippen molar-refractivity contribution in [3.63, 3.8) is 0 Å². The van der Waals surface area contributed by atoms with Crippen molar-refractivity contribution in [2.24, 2.45) is 0 Å². The first-order chi connectivity index (χ1) is 17.1. The van der Waals surface area contributed by atoms with Gasteiger partial charge in [0.05, 0.1) is 27.6 Å². The van der Waals surface area contributed by atoms with E-state index in [-0.39, 0.29) is 21.7 Å². The summed E-state index contributed by atoms with van der Waals surface area (Å²) in [6.45, 7) is 1.42. The molecular formula is C25H22ClN3O5S2. The van der Waals surface area contributed by atoms with Crippen LogP contribution in [-0.2, 0) is 14.8 Å². The van der Waals surface area contributed by atoms with E-state index in [9.17, 15) is 18.0 Å². The SMILES string of the molecule is COc1ccc(S(=O)(=O)N(C)c2ccc3sc(C(=O)Nc4ccc(NC(C)=O)cc4)cc3c2)cc1Cl. The summed E-state index contributed by atoms with van der Waals surface area (Å²) in [6.07, 6.45) is 0. The Morgan fingerprint density at radius 1 is 0.944 bits per heavy atom. The van der Waals surface area contributed by atoms with Gasteiger partial charge < -0.3 is 15.4 Å². The third kappa shape index (κ3) is 5.30. The fourth-order valence-corrected chi connectivity index (χ4v) is 5.95. The lowest BCUT2D eigenvalue weighted by atomic mass is 10.2. The number of halogens is 1. The first-order valence-electron chi connectivity index (χ1n) is 10.6. The summed E-state index contributed by atoms with van der Waals surface area (Å²) in [7, 11) is -0.966. The largest absolute Gasteiger partial charge is 0.495 e. The van der Waals surface area contributed by atoms with Crippen LogP contribution in [0, 0.1) is 0 Å². The van der Waals surface area contributed by atoms with Crippen molar-refractivity contribution in [3.05, 3.63) is 76.6 Å². The molecule has 4 aromatic rings. The number of anilines is 3. The van der Waals surface area contributed by atoms with E-state index in [0.29, 0.717) is 27.7 Å². The van der Waals surface area contributed by atoms with Crippen molar-refractivity contribution in [1.29, 1.82) is 0 Å². The zero-order chi connectivity index (χ0) is 26.0. The highest BCUT2D eigenvalue weighted by atomic mass is 35.5. The Morgan fingerprint density at radius 3 is 2.22 bits per heavy atom. The van der Waals surface area contributed by atoms with Gasteiger partial charge in [-0.2, -0.15) is 0 Å². The van der Waals surface area contributed by atoms with Gasteiger partial charge in [0.25, 0.3) is 15.9 Å². The molecule has 186 valence electrons. The summed E-state index contributed by atoms with van der Waals surface area (Å²) < 4.78 is 33.4. The molecule has 1 aromatic heterocycles. The highest BCUT2D eigenvalue weighted by molar-refractivity contribution is 7.92. The van der Waals surface area contributed by atoms with Gasteiger partial charge in [-0.1, -0.05) is 11.6 Å². The molecule has 0 bridgehead atoms. The summed E-state index contributed by atoms with van der Waals surface area (Å²) in [5, 5.41) is 6.43. The van der Waals surface area contributed by atoms with Crippen LogP contribution in [0.2, 0.25) is 5.02 Å². The number of thiophene rings is 1. The number of fused-ring (bicyclic) bond motifs is 1. The molecule has 4 rings (SSSR count). The molecule has 2 amide bonds. The number of carbonyl (C=O) groups is 2. The third-order valence-corrected chi connectivity index (χ3v) is 8.52. The van der Waals surface area contributed by atoms with Gasteiger partial charge in [-0.25, -0.2) is 8.42 Å². The van der Waals surface area contributed by atoms with Gasteiger partial charge in [-0.3, -0.25) is 13.9 Å². The van der Waals surface area contributed by atoms with Crippen LogP contribution in [-0.4, -0.2) is 34.4 Å². The zero-order valence-electron chi connectivity index (χ0n) is 19.5. The summed E-state index contributed by atoms with van der Waals surface area (Å²) in [6, 6.07) is 18.0. The quantitative estimate of drug-likeness (QED) is 0.316. The molecule has 8 nitrogen and oxygen atoms in total. The van der Waals surface area contributed by atoms with E-state index in [1.165, 1.54) is 54.9 Å². The Kier molecular flexibility index (Phi) is 7.21. The van der Waals surface area contributed by atoms with Crippen molar-refractivity contribution >= 4 is 71.9 Å². The van der Waals surface area contributed by atoms with Gasteiger partial charge in [-0.15, -0.1) is 11.3 Å². The average Bonchev–Trinajstić information content (AvgIpc) is 3.28. The second-order valence-corrected chi connectivity index (χ2v) is 11.3. The second kappa shape index (κ2) is 10.2. The molecular weight excluding hydrogens is 522 g/mol. The lowest BCUT2D eigenvalue weighted by Crippen LogP contribution is -2.26. The van der Waals surface area contributed by atoms with Crippen LogP contribution < -0.4 is 19.7 Å². The maximum absolute atomic E-state index is 13.2. The van der Waals surface area contributed by atoms with E-state index >= 15 is 0 Å². The van der Waals surface area contributed by atoms with Crippen LogP contribution in [0.1, 0.15) is 16.6 Å². The van der Waals surface area contributed by atoms with Gasteiger partial charge in [-0.05, 0) is 72.1 Å². The van der Waals surface area contributed by atoms with E-state index in [1.807, 2.05) is 0 Å². The van der Waals surface area contributed by atoms with Crippen LogP contribution in [0.15, 0.2) is 71.6 Å². The highest BCUT2D eigenvalue weighted by Gasteiger charge is 2.23. The number of benzene rings is 3. The molecule has 1 heterocycles. The number of ether oxygens (including phenoxy) is 1. The van der Waals surface area contributed by atoms with E-state index in [2.05, 4.69) is 10.6 Å². The Balaban J connectivity index is 1.54. The molecule has 0 saturated heterocycles. The smallest absolute Gasteiger partial charge is 0.265 e. The predicted octanol–water partition coefficient (Wildman–Crippen LogP) is 5.60. The summed E-state index contributed by atoms with van der Waals surface area (Å²) >= 11 is 7.42. The summed E-state index contributed by atoms with van der Waals surface area (Å²) in [4.78, 5) is 24.5. The minimum atomic E-state index is -3.88. The van der Waals surface area contributed by atoms with E-state index in [1.54, 1.807) is 48.5 Å². The molecule has 0 aliphatic heterocycles. The van der Waals surface area contributed by atoms with Gasteiger partial charge in [0, 0.05) is 30.0 Å². The Hall–Kier alpha value is -3.60. The second-order valence-electron chi connectivity index (χ2n) is 7.81. The number of hydrogen-bond donors (Lipinski definition) is 2.